The Kier molecular flexibility index (Phi) is 6.03. The number of hydrogen-bond donors (Lipinski definition) is 0. The van der Waals surface area contributed by atoms with Crippen LogP contribution < -0.4 is 0 Å². The van der Waals surface area contributed by atoms with Crippen molar-refractivity contribution < 1.29 is 4.42 Å². The van der Waals surface area contributed by atoms with E-state index in [4.69, 9.17) is 24.4 Å². The number of nitrogens with zero attached hydrogens (tertiary/aromatic N) is 5. The van der Waals surface area contributed by atoms with Crippen molar-refractivity contribution in [2.24, 2.45) is 0 Å². The third-order valence-electron chi connectivity index (χ3n) is 8.28. The van der Waals surface area contributed by atoms with Crippen LogP contribution in [-0.2, 0) is 0 Å². The van der Waals surface area contributed by atoms with Gasteiger partial charge in [-0.2, -0.15) is 0 Å². The smallest absolute Gasteiger partial charge is 0.164 e. The van der Waals surface area contributed by atoms with E-state index in [0.717, 1.165) is 66.8 Å². The van der Waals surface area contributed by atoms with Gasteiger partial charge in [0.1, 0.15) is 16.8 Å². The Hall–Kier alpha value is -6.40. The van der Waals surface area contributed by atoms with Crippen LogP contribution in [-0.4, -0.2) is 24.3 Å². The van der Waals surface area contributed by atoms with Crippen molar-refractivity contribution in [2.75, 3.05) is 0 Å². The molecule has 0 aliphatic carbocycles. The van der Waals surface area contributed by atoms with E-state index in [1.807, 2.05) is 91.0 Å². The maximum Gasteiger partial charge on any atom is 0.164 e. The molecule has 0 spiro atoms. The average Bonchev–Trinajstić information content (AvgIpc) is 3.70. The lowest BCUT2D eigenvalue weighted by molar-refractivity contribution is 0.669. The first-order valence-corrected chi connectivity index (χ1v) is 15.1. The van der Waals surface area contributed by atoms with Crippen LogP contribution in [0, 0.1) is 0 Å². The second-order valence-corrected chi connectivity index (χ2v) is 11.2. The molecular weight excluding hydrogens is 566 g/mol. The first kappa shape index (κ1) is 26.0. The Morgan fingerprint density at radius 3 is 1.52 bits per heavy atom. The van der Waals surface area contributed by atoms with Gasteiger partial charge in [0.25, 0.3) is 0 Å². The summed E-state index contributed by atoms with van der Waals surface area (Å²) in [4.78, 5) is 19.7. The number of aromatic nitrogens is 5. The Morgan fingerprint density at radius 1 is 0.413 bits per heavy atom. The summed E-state index contributed by atoms with van der Waals surface area (Å²) in [6.07, 6.45) is 2.06. The summed E-state index contributed by atoms with van der Waals surface area (Å²) in [5.74, 6) is 1.84. The lowest BCUT2D eigenvalue weighted by Gasteiger charge is -2.08. The summed E-state index contributed by atoms with van der Waals surface area (Å²) < 4.78 is 8.66. The maximum absolute atomic E-state index is 6.52. The van der Waals surface area contributed by atoms with E-state index in [-0.39, 0.29) is 0 Å². The summed E-state index contributed by atoms with van der Waals surface area (Å²) in [6, 6.07) is 49.0. The molecule has 0 radical (unpaired) electrons. The lowest BCUT2D eigenvalue weighted by Crippen LogP contribution is -2.00. The number of fused-ring (bicyclic) bond motifs is 4. The third kappa shape index (κ3) is 4.43. The number of hydrogen-bond acceptors (Lipinski definition) is 5. The van der Waals surface area contributed by atoms with Crippen molar-refractivity contribution >= 4 is 27.6 Å². The SMILES string of the molecule is c1ccc(-c2nc(-c3ccccc3)nc(-c3ccc4c(c3)oc3cc(-c5nc6ccccn6c5-c5ccccc5)ccc34)n2)cc1. The summed E-state index contributed by atoms with van der Waals surface area (Å²) in [6.45, 7) is 0. The van der Waals surface area contributed by atoms with Gasteiger partial charge in [0.05, 0.1) is 11.4 Å². The molecule has 4 heterocycles. The zero-order valence-corrected chi connectivity index (χ0v) is 24.6. The topological polar surface area (TPSA) is 69.1 Å². The summed E-state index contributed by atoms with van der Waals surface area (Å²) in [5, 5.41) is 2.07. The van der Waals surface area contributed by atoms with Crippen molar-refractivity contribution in [3.8, 4) is 56.7 Å². The van der Waals surface area contributed by atoms with Crippen molar-refractivity contribution in [2.45, 2.75) is 0 Å². The molecule has 0 fully saturated rings. The Balaban J connectivity index is 1.18. The Morgan fingerprint density at radius 2 is 0.913 bits per heavy atom. The Labute approximate surface area is 264 Å². The van der Waals surface area contributed by atoms with Crippen molar-refractivity contribution in [3.05, 3.63) is 152 Å². The predicted molar refractivity (Wildman–Crippen MR) is 183 cm³/mol. The highest BCUT2D eigenvalue weighted by Gasteiger charge is 2.18. The molecule has 0 bridgehead atoms. The summed E-state index contributed by atoms with van der Waals surface area (Å²) in [5.41, 5.74) is 9.24. The molecule has 6 heteroatoms. The molecular formula is C40H25N5O. The minimum Gasteiger partial charge on any atom is -0.456 e. The van der Waals surface area contributed by atoms with Gasteiger partial charge in [-0.05, 0) is 36.4 Å². The van der Waals surface area contributed by atoms with E-state index >= 15 is 0 Å². The third-order valence-corrected chi connectivity index (χ3v) is 8.28. The molecule has 46 heavy (non-hydrogen) atoms. The van der Waals surface area contributed by atoms with Crippen LogP contribution in [0.1, 0.15) is 0 Å². The number of furan rings is 1. The van der Waals surface area contributed by atoms with Gasteiger partial charge in [-0.3, -0.25) is 4.40 Å². The highest BCUT2D eigenvalue weighted by Crippen LogP contribution is 2.38. The van der Waals surface area contributed by atoms with E-state index in [9.17, 15) is 0 Å². The summed E-state index contributed by atoms with van der Waals surface area (Å²) in [7, 11) is 0. The van der Waals surface area contributed by atoms with Crippen LogP contribution in [0.2, 0.25) is 0 Å². The fourth-order valence-electron chi connectivity index (χ4n) is 6.07. The molecule has 216 valence electrons. The van der Waals surface area contributed by atoms with Crippen LogP contribution in [0.3, 0.4) is 0 Å². The molecule has 0 N–H and O–H groups in total. The molecule has 0 saturated carbocycles. The molecule has 0 aliphatic rings. The zero-order valence-electron chi connectivity index (χ0n) is 24.6. The van der Waals surface area contributed by atoms with Gasteiger partial charge in [-0.1, -0.05) is 109 Å². The largest absolute Gasteiger partial charge is 0.456 e. The molecule has 0 unspecified atom stereocenters. The zero-order chi connectivity index (χ0) is 30.5. The molecule has 4 aromatic heterocycles. The highest BCUT2D eigenvalue weighted by molar-refractivity contribution is 6.07. The highest BCUT2D eigenvalue weighted by atomic mass is 16.3. The van der Waals surface area contributed by atoms with Gasteiger partial charge >= 0.3 is 0 Å². The molecule has 0 aliphatic heterocycles. The van der Waals surface area contributed by atoms with E-state index in [0.29, 0.717) is 17.5 Å². The van der Waals surface area contributed by atoms with Crippen molar-refractivity contribution in [3.63, 3.8) is 0 Å². The monoisotopic (exact) mass is 591 g/mol. The lowest BCUT2D eigenvalue weighted by atomic mass is 10.0. The second kappa shape index (κ2) is 10.6. The fraction of sp³-hybridized carbons (Fsp3) is 0. The molecule has 5 aromatic carbocycles. The van der Waals surface area contributed by atoms with E-state index in [1.165, 1.54) is 0 Å². The van der Waals surface area contributed by atoms with Gasteiger partial charge in [-0.25, -0.2) is 19.9 Å². The van der Waals surface area contributed by atoms with Gasteiger partial charge in [0.2, 0.25) is 0 Å². The minimum atomic E-state index is 0.591. The normalized spacial score (nSPS) is 11.5. The molecule has 0 amide bonds. The molecule has 0 saturated heterocycles. The van der Waals surface area contributed by atoms with Crippen LogP contribution in [0.25, 0.3) is 84.3 Å². The van der Waals surface area contributed by atoms with E-state index in [1.54, 1.807) is 0 Å². The quantitative estimate of drug-likeness (QED) is 0.199. The van der Waals surface area contributed by atoms with E-state index in [2.05, 4.69) is 65.2 Å². The van der Waals surface area contributed by atoms with Crippen molar-refractivity contribution in [1.82, 2.24) is 24.3 Å². The minimum absolute atomic E-state index is 0.591. The van der Waals surface area contributed by atoms with Crippen LogP contribution in [0.4, 0.5) is 0 Å². The summed E-state index contributed by atoms with van der Waals surface area (Å²) >= 11 is 0. The van der Waals surface area contributed by atoms with Crippen LogP contribution in [0.5, 0.6) is 0 Å². The van der Waals surface area contributed by atoms with E-state index < -0.39 is 0 Å². The van der Waals surface area contributed by atoms with Crippen LogP contribution >= 0.6 is 0 Å². The Bertz CT molecular complexity index is 2460. The maximum atomic E-state index is 6.52. The van der Waals surface area contributed by atoms with Crippen molar-refractivity contribution in [1.29, 1.82) is 0 Å². The molecule has 6 nitrogen and oxygen atoms in total. The number of rotatable bonds is 5. The average molecular weight is 592 g/mol. The van der Waals surface area contributed by atoms with Gasteiger partial charge in [0.15, 0.2) is 17.5 Å². The number of imidazole rings is 1. The molecule has 9 aromatic rings. The van der Waals surface area contributed by atoms with Gasteiger partial charge in [0, 0.05) is 44.8 Å². The second-order valence-electron chi connectivity index (χ2n) is 11.2. The molecule has 0 atom stereocenters. The number of benzene rings is 5. The van der Waals surface area contributed by atoms with Gasteiger partial charge in [-0.15, -0.1) is 0 Å². The predicted octanol–water partition coefficient (Wildman–Crippen LogP) is 9.75. The first-order valence-electron chi connectivity index (χ1n) is 15.1. The molecule has 9 rings (SSSR count). The fourth-order valence-corrected chi connectivity index (χ4v) is 6.07. The first-order chi connectivity index (χ1) is 22.8. The van der Waals surface area contributed by atoms with Crippen LogP contribution in [0.15, 0.2) is 156 Å². The standard InChI is InChI=1S/C40H25N5O/c1-4-12-26(13-5-1)37-36(41-35-18-10-11-23-45(35)37)29-19-21-31-32-22-20-30(25-34(32)46-33(31)24-29)40-43-38(27-14-6-2-7-15-27)42-39(44-40)28-16-8-3-9-17-28/h1-25H. The number of pyridine rings is 1. The van der Waals surface area contributed by atoms with Gasteiger partial charge < -0.3 is 4.42 Å².